The molecule has 0 aliphatic heterocycles. The van der Waals surface area contributed by atoms with E-state index in [4.69, 9.17) is 4.74 Å². The molecule has 140 valence electrons. The van der Waals surface area contributed by atoms with Crippen LogP contribution in [0.15, 0.2) is 47.5 Å². The highest BCUT2D eigenvalue weighted by molar-refractivity contribution is 7.92. The summed E-state index contributed by atoms with van der Waals surface area (Å²) in [6, 6.07) is 10.3. The van der Waals surface area contributed by atoms with Gasteiger partial charge in [-0.15, -0.1) is 0 Å². The van der Waals surface area contributed by atoms with E-state index < -0.39 is 10.0 Å². The number of rotatable bonds is 6. The molecule has 0 amide bonds. The van der Waals surface area contributed by atoms with Gasteiger partial charge in [-0.1, -0.05) is 25.7 Å². The van der Waals surface area contributed by atoms with Crippen LogP contribution in [0.3, 0.4) is 0 Å². The maximum Gasteiger partial charge on any atom is 0.263 e. The number of nitrogens with zero attached hydrogens (tertiary/aromatic N) is 1. The van der Waals surface area contributed by atoms with Gasteiger partial charge in [0.2, 0.25) is 0 Å². The van der Waals surface area contributed by atoms with Gasteiger partial charge in [-0.3, -0.25) is 4.72 Å². The molecule has 1 heterocycles. The van der Waals surface area contributed by atoms with E-state index in [2.05, 4.69) is 15.0 Å². The number of hydrogen-bond donors (Lipinski definition) is 2. The molecular weight excluding hydrogens is 350 g/mol. The van der Waals surface area contributed by atoms with Crippen LogP contribution < -0.4 is 14.8 Å². The van der Waals surface area contributed by atoms with Gasteiger partial charge in [-0.05, 0) is 49.2 Å². The Balaban J connectivity index is 1.64. The number of pyridine rings is 1. The van der Waals surface area contributed by atoms with Crippen LogP contribution in [0.1, 0.15) is 38.5 Å². The van der Waals surface area contributed by atoms with Gasteiger partial charge in [0.15, 0.2) is 0 Å². The van der Waals surface area contributed by atoms with Gasteiger partial charge < -0.3 is 10.1 Å². The zero-order valence-electron chi connectivity index (χ0n) is 14.9. The van der Waals surface area contributed by atoms with Gasteiger partial charge in [0.1, 0.15) is 11.6 Å². The van der Waals surface area contributed by atoms with Gasteiger partial charge in [-0.2, -0.15) is 0 Å². The van der Waals surface area contributed by atoms with E-state index in [1.54, 1.807) is 24.4 Å². The summed E-state index contributed by atoms with van der Waals surface area (Å²) in [5, 5.41) is 3.50. The molecule has 2 aromatic rings. The minimum absolute atomic E-state index is 0.167. The normalized spacial score (nSPS) is 15.9. The zero-order valence-corrected chi connectivity index (χ0v) is 15.8. The van der Waals surface area contributed by atoms with Crippen LogP contribution in [0.2, 0.25) is 0 Å². The number of sulfonamides is 1. The lowest BCUT2D eigenvalue weighted by molar-refractivity contribution is 0.414. The van der Waals surface area contributed by atoms with Crippen molar-refractivity contribution in [1.29, 1.82) is 0 Å². The summed E-state index contributed by atoms with van der Waals surface area (Å²) in [7, 11) is -2.13. The summed E-state index contributed by atoms with van der Waals surface area (Å²) in [5.41, 5.74) is 0.921. The number of ether oxygens (including phenoxy) is 1. The van der Waals surface area contributed by atoms with Crippen LogP contribution in [-0.4, -0.2) is 26.6 Å². The summed E-state index contributed by atoms with van der Waals surface area (Å²) in [6.45, 7) is 0. The van der Waals surface area contributed by atoms with Gasteiger partial charge in [0, 0.05) is 6.04 Å². The Labute approximate surface area is 155 Å². The molecule has 0 spiro atoms. The highest BCUT2D eigenvalue weighted by Crippen LogP contribution is 2.22. The number of methoxy groups -OCH3 is 1. The van der Waals surface area contributed by atoms with Crippen molar-refractivity contribution in [3.8, 4) is 5.75 Å². The molecule has 0 bridgehead atoms. The number of nitrogens with one attached hydrogen (secondary N) is 2. The average Bonchev–Trinajstić information content (AvgIpc) is 2.92. The second-order valence-corrected chi connectivity index (χ2v) is 8.23. The van der Waals surface area contributed by atoms with Crippen LogP contribution in [0, 0.1) is 0 Å². The molecule has 1 aromatic carbocycles. The van der Waals surface area contributed by atoms with Crippen LogP contribution in [0.25, 0.3) is 0 Å². The minimum Gasteiger partial charge on any atom is -0.497 e. The molecule has 1 aromatic heterocycles. The van der Waals surface area contributed by atoms with Crippen molar-refractivity contribution in [2.75, 3.05) is 17.1 Å². The van der Waals surface area contributed by atoms with Crippen molar-refractivity contribution in [3.63, 3.8) is 0 Å². The van der Waals surface area contributed by atoms with Crippen molar-refractivity contribution >= 4 is 21.5 Å². The average molecular weight is 375 g/mol. The number of benzene rings is 1. The molecule has 3 rings (SSSR count). The fraction of sp³-hybridized carbons (Fsp3) is 0.421. The van der Waals surface area contributed by atoms with Gasteiger partial charge in [0.25, 0.3) is 10.0 Å². The van der Waals surface area contributed by atoms with E-state index >= 15 is 0 Å². The number of anilines is 2. The monoisotopic (exact) mass is 375 g/mol. The Kier molecular flexibility index (Phi) is 5.98. The smallest absolute Gasteiger partial charge is 0.263 e. The van der Waals surface area contributed by atoms with E-state index in [-0.39, 0.29) is 4.90 Å². The SMILES string of the molecule is COc1ccc(S(=O)(=O)Nc2ccc(NC3CCCCCC3)cn2)cc1. The second kappa shape index (κ2) is 8.40. The second-order valence-electron chi connectivity index (χ2n) is 6.55. The molecule has 26 heavy (non-hydrogen) atoms. The van der Waals surface area contributed by atoms with Gasteiger partial charge in [-0.25, -0.2) is 13.4 Å². The number of hydrogen-bond acceptors (Lipinski definition) is 5. The first-order chi connectivity index (χ1) is 12.6. The Bertz CT molecular complexity index is 797. The minimum atomic E-state index is -3.67. The Hall–Kier alpha value is -2.28. The Morgan fingerprint density at radius 2 is 1.69 bits per heavy atom. The first kappa shape index (κ1) is 18.5. The van der Waals surface area contributed by atoms with Gasteiger partial charge in [0.05, 0.1) is 23.9 Å². The standard InChI is InChI=1S/C19H25N3O3S/c1-25-17-9-11-18(12-10-17)26(23,24)22-19-13-8-16(14-20-19)21-15-6-4-2-3-5-7-15/h8-15,21H,2-7H2,1H3,(H,20,22). The molecule has 1 fully saturated rings. The molecule has 7 heteroatoms. The first-order valence-electron chi connectivity index (χ1n) is 8.96. The lowest BCUT2D eigenvalue weighted by Gasteiger charge is -2.17. The highest BCUT2D eigenvalue weighted by Gasteiger charge is 2.15. The summed E-state index contributed by atoms with van der Waals surface area (Å²) in [5.74, 6) is 0.906. The summed E-state index contributed by atoms with van der Waals surface area (Å²) >= 11 is 0. The summed E-state index contributed by atoms with van der Waals surface area (Å²) < 4.78 is 32.4. The fourth-order valence-electron chi connectivity index (χ4n) is 3.15. The molecule has 0 unspecified atom stereocenters. The predicted molar refractivity (Wildman–Crippen MR) is 103 cm³/mol. The molecule has 0 atom stereocenters. The number of aromatic nitrogens is 1. The molecular formula is C19H25N3O3S. The third kappa shape index (κ3) is 4.88. The summed E-state index contributed by atoms with van der Waals surface area (Å²) in [6.07, 6.45) is 9.15. The van der Waals surface area contributed by atoms with Crippen molar-refractivity contribution in [3.05, 3.63) is 42.6 Å². The first-order valence-corrected chi connectivity index (χ1v) is 10.4. The third-order valence-corrected chi connectivity index (χ3v) is 5.97. The largest absolute Gasteiger partial charge is 0.497 e. The van der Waals surface area contributed by atoms with E-state index in [9.17, 15) is 8.42 Å². The quantitative estimate of drug-likeness (QED) is 0.745. The van der Waals surface area contributed by atoms with Gasteiger partial charge >= 0.3 is 0 Å². The molecule has 1 aliphatic carbocycles. The van der Waals surface area contributed by atoms with E-state index in [1.807, 2.05) is 6.07 Å². The Morgan fingerprint density at radius 3 is 2.27 bits per heavy atom. The van der Waals surface area contributed by atoms with Crippen LogP contribution >= 0.6 is 0 Å². The lowest BCUT2D eigenvalue weighted by Crippen LogP contribution is -2.18. The Morgan fingerprint density at radius 1 is 1.00 bits per heavy atom. The maximum absolute atomic E-state index is 12.4. The van der Waals surface area contributed by atoms with Crippen molar-refractivity contribution in [2.24, 2.45) is 0 Å². The van der Waals surface area contributed by atoms with E-state index in [1.165, 1.54) is 57.8 Å². The molecule has 2 N–H and O–H groups in total. The zero-order chi connectivity index (χ0) is 18.4. The van der Waals surface area contributed by atoms with Crippen LogP contribution in [0.5, 0.6) is 5.75 Å². The van der Waals surface area contributed by atoms with E-state index in [0.717, 1.165) is 5.69 Å². The molecule has 1 saturated carbocycles. The van der Waals surface area contributed by atoms with Crippen molar-refractivity contribution in [1.82, 2.24) is 4.98 Å². The van der Waals surface area contributed by atoms with Crippen molar-refractivity contribution < 1.29 is 13.2 Å². The lowest BCUT2D eigenvalue weighted by atomic mass is 10.1. The predicted octanol–water partition coefficient (Wildman–Crippen LogP) is 4.03. The third-order valence-electron chi connectivity index (χ3n) is 4.60. The maximum atomic E-state index is 12.4. The topological polar surface area (TPSA) is 80.3 Å². The summed E-state index contributed by atoms with van der Waals surface area (Å²) in [4.78, 5) is 4.40. The highest BCUT2D eigenvalue weighted by atomic mass is 32.2. The van der Waals surface area contributed by atoms with E-state index in [0.29, 0.717) is 17.6 Å². The molecule has 6 nitrogen and oxygen atoms in total. The fourth-order valence-corrected chi connectivity index (χ4v) is 4.16. The molecule has 0 saturated heterocycles. The van der Waals surface area contributed by atoms with Crippen LogP contribution in [-0.2, 0) is 10.0 Å². The van der Waals surface area contributed by atoms with Crippen LogP contribution in [0.4, 0.5) is 11.5 Å². The van der Waals surface area contributed by atoms with Crippen molar-refractivity contribution in [2.45, 2.75) is 49.5 Å². The molecule has 0 radical (unpaired) electrons. The molecule has 1 aliphatic rings.